The van der Waals surface area contributed by atoms with Crippen LogP contribution in [-0.2, 0) is 6.61 Å². The monoisotopic (exact) mass is 1420 g/mol. The summed E-state index contributed by atoms with van der Waals surface area (Å²) in [6.07, 6.45) is 5.55. The SMILES string of the molecule is CC(C)c1ccc(-n2ccnc2)cc1.CC(C)c1ccc(Cl)cc1.CC(C)c1ccc(F)cc1.CC(C)c1ccc(F)cc1F.CC(C)c1ccc(OCc2ccccc2)cc1.CC(C)c1ccccc1.COc1ccc(C(C)C)cc1.Cc1cc(C(C)C)ccc1F.Cc1cccc(C(C)C)c1. The standard InChI is InChI=1S/C16H18O.C12H14N2.C10H13F.C10H14O.C10H14.C9H11Cl.C9H10F2.C9H11F.C9H12/c1-13(2)15-8-10-16(11-9-15)17-12-14-6-4-3-5-7-14;1-10(2)11-3-5-12(6-4-11)14-8-7-13-9-14;1-7(2)9-4-5-10(11)8(3)6-9;1-8(2)9-4-6-10(11-3)7-5-9;1-8(2)10-6-4-5-9(3)7-10;1-7(2)8-3-5-9(10)6-4-8;1-6(2)8-4-3-7(10)5-9(8)11;1-7(2)8-3-5-9(10)6-4-8;1-8(2)9-6-4-3-5-7-9/h3-11,13H,12H2,1-2H3;3-10H,1-2H3;4-7H,1-3H3;4-8H,1-3H3;4-8H,1-3H3;3-7H,1-2H3;3-6H,1-2H3;3-7H,1-2H3;3-8H,1-2H3. The number of imidazole rings is 1. The minimum Gasteiger partial charge on any atom is -0.497 e. The molecule has 0 N–H and O–H groups in total. The van der Waals surface area contributed by atoms with Gasteiger partial charge in [0.25, 0.3) is 0 Å². The van der Waals surface area contributed by atoms with E-state index in [1.54, 1.807) is 20.2 Å². The topological polar surface area (TPSA) is 36.3 Å². The molecule has 103 heavy (non-hydrogen) atoms. The molecule has 0 atom stereocenters. The molecule has 0 unspecified atom stereocenters. The second-order valence-electron chi connectivity index (χ2n) is 28.2. The molecule has 0 amide bonds. The number of hydrogen-bond donors (Lipinski definition) is 0. The highest BCUT2D eigenvalue weighted by molar-refractivity contribution is 6.30. The van der Waals surface area contributed by atoms with Gasteiger partial charge in [-0.1, -0.05) is 306 Å². The molecule has 0 aliphatic carbocycles. The van der Waals surface area contributed by atoms with Crippen molar-refractivity contribution >= 4 is 11.6 Å². The Morgan fingerprint density at radius 2 is 0.748 bits per heavy atom. The van der Waals surface area contributed by atoms with Crippen LogP contribution in [0.15, 0.2) is 261 Å². The number of halogens is 5. The van der Waals surface area contributed by atoms with Crippen molar-refractivity contribution in [3.8, 4) is 17.2 Å². The van der Waals surface area contributed by atoms with E-state index in [0.29, 0.717) is 59.5 Å². The van der Waals surface area contributed by atoms with Gasteiger partial charge in [0.2, 0.25) is 0 Å². The summed E-state index contributed by atoms with van der Waals surface area (Å²) in [6, 6.07) is 78.1. The first kappa shape index (κ1) is 88.2. The highest BCUT2D eigenvalue weighted by atomic mass is 35.5. The zero-order valence-electron chi connectivity index (χ0n) is 65.3. The van der Waals surface area contributed by atoms with Crippen LogP contribution in [-0.4, -0.2) is 16.7 Å². The van der Waals surface area contributed by atoms with Crippen LogP contribution in [0, 0.1) is 37.1 Å². The summed E-state index contributed by atoms with van der Waals surface area (Å²) in [5, 5.41) is 0.810. The average Bonchev–Trinajstić information content (AvgIpc) is 1.49. The van der Waals surface area contributed by atoms with E-state index in [1.165, 1.54) is 86.0 Å². The summed E-state index contributed by atoms with van der Waals surface area (Å²) >= 11 is 5.72. The van der Waals surface area contributed by atoms with Gasteiger partial charge in [-0.05, 0) is 201 Å². The molecule has 0 fully saturated rings. The van der Waals surface area contributed by atoms with E-state index in [9.17, 15) is 17.6 Å². The van der Waals surface area contributed by atoms with Gasteiger partial charge in [0.1, 0.15) is 41.4 Å². The molecule has 4 nitrogen and oxygen atoms in total. The highest BCUT2D eigenvalue weighted by Crippen LogP contribution is 2.24. The minimum absolute atomic E-state index is 0.107. The molecule has 0 saturated heterocycles. The lowest BCUT2D eigenvalue weighted by Crippen LogP contribution is -1.95. The normalized spacial score (nSPS) is 10.5. The molecule has 10 aromatic carbocycles. The first-order valence-corrected chi connectivity index (χ1v) is 36.6. The average molecular weight is 1420 g/mol. The lowest BCUT2D eigenvalue weighted by molar-refractivity contribution is 0.306. The number of methoxy groups -OCH3 is 1. The lowest BCUT2D eigenvalue weighted by Gasteiger charge is -2.08. The Hall–Kier alpha value is -8.98. The number of benzene rings is 10. The molecule has 0 bridgehead atoms. The molecule has 550 valence electrons. The van der Waals surface area contributed by atoms with Gasteiger partial charge in [-0.25, -0.2) is 22.5 Å². The Kier molecular flexibility index (Phi) is 41.2. The van der Waals surface area contributed by atoms with Crippen LogP contribution >= 0.6 is 11.6 Å². The van der Waals surface area contributed by atoms with Crippen molar-refractivity contribution in [2.45, 2.75) is 198 Å². The van der Waals surface area contributed by atoms with Gasteiger partial charge in [-0.2, -0.15) is 0 Å². The predicted molar refractivity (Wildman–Crippen MR) is 434 cm³/mol. The van der Waals surface area contributed by atoms with E-state index in [1.807, 2.05) is 116 Å². The fourth-order valence-electron chi connectivity index (χ4n) is 9.68. The Labute approximate surface area is 623 Å². The van der Waals surface area contributed by atoms with Crippen LogP contribution in [0.3, 0.4) is 0 Å². The minimum atomic E-state index is -0.521. The van der Waals surface area contributed by atoms with Gasteiger partial charge < -0.3 is 14.0 Å². The molecule has 0 saturated carbocycles. The highest BCUT2D eigenvalue weighted by Gasteiger charge is 2.08. The molecule has 0 spiro atoms. The van der Waals surface area contributed by atoms with Crippen molar-refractivity contribution in [3.05, 3.63) is 356 Å². The van der Waals surface area contributed by atoms with Crippen LogP contribution in [0.5, 0.6) is 11.5 Å². The second-order valence-corrected chi connectivity index (χ2v) is 28.6. The Morgan fingerprint density at radius 1 is 0.359 bits per heavy atom. The van der Waals surface area contributed by atoms with Crippen LogP contribution in [0.4, 0.5) is 17.6 Å². The fourth-order valence-corrected chi connectivity index (χ4v) is 9.81. The zero-order valence-corrected chi connectivity index (χ0v) is 66.1. The van der Waals surface area contributed by atoms with Crippen LogP contribution in [0.1, 0.15) is 245 Å². The molecule has 0 radical (unpaired) electrons. The van der Waals surface area contributed by atoms with E-state index >= 15 is 0 Å². The van der Waals surface area contributed by atoms with E-state index in [4.69, 9.17) is 21.1 Å². The van der Waals surface area contributed by atoms with Gasteiger partial charge in [-0.15, -0.1) is 0 Å². The Bertz CT molecular complexity index is 3930. The molecule has 0 aliphatic rings. The number of ether oxygens (including phenoxy) is 2. The van der Waals surface area contributed by atoms with Gasteiger partial charge in [0, 0.05) is 29.2 Å². The molecule has 11 aromatic rings. The molecule has 9 heteroatoms. The summed E-state index contributed by atoms with van der Waals surface area (Å²) in [7, 11) is 1.68. The smallest absolute Gasteiger partial charge is 0.129 e. The summed E-state index contributed by atoms with van der Waals surface area (Å²) in [5.74, 6) is 5.33. The Balaban J connectivity index is 0.000000303. The number of rotatable bonds is 14. The second kappa shape index (κ2) is 48.1. The van der Waals surface area contributed by atoms with Gasteiger partial charge in [0.05, 0.1) is 13.4 Å². The third-order valence-corrected chi connectivity index (χ3v) is 16.9. The van der Waals surface area contributed by atoms with Crippen molar-refractivity contribution in [2.24, 2.45) is 0 Å². The van der Waals surface area contributed by atoms with Gasteiger partial charge in [-0.3, -0.25) is 0 Å². The predicted octanol–water partition coefficient (Wildman–Crippen LogP) is 28.9. The summed E-state index contributed by atoms with van der Waals surface area (Å²) in [4.78, 5) is 4.02. The number of nitrogens with zero attached hydrogens (tertiary/aromatic N) is 2. The summed E-state index contributed by atoms with van der Waals surface area (Å²) in [5.41, 5.74) is 15.6. The van der Waals surface area contributed by atoms with Crippen molar-refractivity contribution in [1.29, 1.82) is 0 Å². The van der Waals surface area contributed by atoms with Crippen LogP contribution in [0.2, 0.25) is 5.02 Å². The Morgan fingerprint density at radius 3 is 1.14 bits per heavy atom. The van der Waals surface area contributed by atoms with Crippen molar-refractivity contribution in [2.75, 3.05) is 7.11 Å². The summed E-state index contributed by atoms with van der Waals surface area (Å²) in [6.45, 7) is 43.0. The largest absolute Gasteiger partial charge is 0.497 e. The van der Waals surface area contributed by atoms with E-state index in [-0.39, 0.29) is 17.6 Å². The fraction of sp³-hybridized carbons (Fsp3) is 0.330. The van der Waals surface area contributed by atoms with E-state index < -0.39 is 11.6 Å². The van der Waals surface area contributed by atoms with Crippen molar-refractivity contribution in [1.82, 2.24) is 9.55 Å². The first-order valence-electron chi connectivity index (χ1n) is 36.2. The molecule has 1 aromatic heterocycles. The molecular formula is C94H117ClF4N2O2. The quantitative estimate of drug-likeness (QED) is 0.102. The van der Waals surface area contributed by atoms with Gasteiger partial charge in [0.15, 0.2) is 0 Å². The van der Waals surface area contributed by atoms with E-state index in [2.05, 4.69) is 244 Å². The maximum Gasteiger partial charge on any atom is 0.129 e. The maximum atomic E-state index is 12.9. The van der Waals surface area contributed by atoms with Crippen molar-refractivity contribution < 1.29 is 27.0 Å². The van der Waals surface area contributed by atoms with Crippen molar-refractivity contribution in [3.63, 3.8) is 0 Å². The van der Waals surface area contributed by atoms with Gasteiger partial charge >= 0.3 is 0 Å². The zero-order chi connectivity index (χ0) is 76.6. The molecule has 11 rings (SSSR count). The number of aromatic nitrogens is 2. The maximum absolute atomic E-state index is 12.9. The van der Waals surface area contributed by atoms with Crippen LogP contribution < -0.4 is 9.47 Å². The van der Waals surface area contributed by atoms with Crippen LogP contribution in [0.25, 0.3) is 5.69 Å². The molecule has 0 aliphatic heterocycles. The third-order valence-electron chi connectivity index (χ3n) is 16.6. The summed E-state index contributed by atoms with van der Waals surface area (Å²) < 4.78 is 63.1. The molecular weight excluding hydrogens is 1300 g/mol. The third kappa shape index (κ3) is 35.7. The number of aryl methyl sites for hydroxylation is 2. The number of hydrogen-bond acceptors (Lipinski definition) is 3. The lowest BCUT2D eigenvalue weighted by atomic mass is 10.0. The van der Waals surface area contributed by atoms with E-state index in [0.717, 1.165) is 33.8 Å². The molecule has 1 heterocycles. The first-order chi connectivity index (χ1) is 48.9.